The predicted octanol–water partition coefficient (Wildman–Crippen LogP) is 3.14. The van der Waals surface area contributed by atoms with E-state index in [0.717, 1.165) is 6.42 Å². The van der Waals surface area contributed by atoms with Crippen molar-refractivity contribution in [3.8, 4) is 0 Å². The summed E-state index contributed by atoms with van der Waals surface area (Å²) in [5.74, 6) is 0.00164. The first-order chi connectivity index (χ1) is 14.7. The summed E-state index contributed by atoms with van der Waals surface area (Å²) >= 11 is 7.22. The molecule has 10 heteroatoms. The largest absolute Gasteiger partial charge is 0.335 e. The molecule has 0 saturated carbocycles. The number of rotatable bonds is 8. The minimum absolute atomic E-state index is 0.00163. The molecule has 168 valence electrons. The number of thioether (sulfide) groups is 1. The van der Waals surface area contributed by atoms with Gasteiger partial charge < -0.3 is 4.90 Å². The van der Waals surface area contributed by atoms with Crippen LogP contribution in [0.2, 0.25) is 5.02 Å². The molecular weight excluding hydrogens is 458 g/mol. The van der Waals surface area contributed by atoms with Gasteiger partial charge in [-0.1, -0.05) is 36.4 Å². The van der Waals surface area contributed by atoms with E-state index >= 15 is 0 Å². The van der Waals surface area contributed by atoms with E-state index in [4.69, 9.17) is 11.6 Å². The Morgan fingerprint density at radius 3 is 2.84 bits per heavy atom. The molecular formula is C21H26ClN3O4S2. The number of allylic oxidation sites excluding steroid dienone is 1. The van der Waals surface area contributed by atoms with Gasteiger partial charge in [-0.2, -0.15) is 0 Å². The monoisotopic (exact) mass is 483 g/mol. The normalized spacial score (nSPS) is 18.7. The molecule has 1 aromatic heterocycles. The number of carbonyl (C=O) groups excluding carboxylic acids is 1. The Balaban J connectivity index is 1.89. The van der Waals surface area contributed by atoms with Crippen LogP contribution in [0.25, 0.3) is 10.9 Å². The van der Waals surface area contributed by atoms with Crippen molar-refractivity contribution in [2.45, 2.75) is 50.5 Å². The quantitative estimate of drug-likeness (QED) is 0.325. The van der Waals surface area contributed by atoms with Gasteiger partial charge in [0, 0.05) is 23.7 Å². The average molecular weight is 484 g/mol. The van der Waals surface area contributed by atoms with Crippen LogP contribution in [0.15, 0.2) is 40.8 Å². The number of hydrogen-bond acceptors (Lipinski definition) is 6. The van der Waals surface area contributed by atoms with Gasteiger partial charge in [0.15, 0.2) is 15.0 Å². The van der Waals surface area contributed by atoms with Crippen LogP contribution in [0.4, 0.5) is 0 Å². The number of aromatic nitrogens is 2. The van der Waals surface area contributed by atoms with Gasteiger partial charge in [0.25, 0.3) is 5.56 Å². The summed E-state index contributed by atoms with van der Waals surface area (Å²) in [6.07, 6.45) is 2.78. The number of halogens is 1. The minimum Gasteiger partial charge on any atom is -0.335 e. The Morgan fingerprint density at radius 1 is 1.48 bits per heavy atom. The molecule has 1 aliphatic rings. The summed E-state index contributed by atoms with van der Waals surface area (Å²) in [6, 6.07) is 4.51. The molecule has 3 rings (SSSR count). The van der Waals surface area contributed by atoms with E-state index in [-0.39, 0.29) is 47.4 Å². The Bertz CT molecular complexity index is 1160. The van der Waals surface area contributed by atoms with Crippen LogP contribution in [-0.2, 0) is 21.2 Å². The SMILES string of the molecule is C=CCn1c(SCC(=O)N(C(C)CC)C2CCS(=O)(=O)C2)nc2cc(Cl)ccc2c1=O. The predicted molar refractivity (Wildman–Crippen MR) is 126 cm³/mol. The van der Waals surface area contributed by atoms with E-state index in [1.807, 2.05) is 13.8 Å². The standard InChI is InChI=1S/C21H26ClN3O4S2/c1-4-9-24-20(27)17-7-6-15(22)11-18(17)23-21(24)30-12-19(26)25(14(3)5-2)16-8-10-31(28,29)13-16/h4,6-7,11,14,16H,1,5,8-10,12-13H2,2-3H3. The van der Waals surface area contributed by atoms with Crippen molar-refractivity contribution in [3.05, 3.63) is 46.2 Å². The highest BCUT2D eigenvalue weighted by molar-refractivity contribution is 7.99. The lowest BCUT2D eigenvalue weighted by atomic mass is 10.1. The van der Waals surface area contributed by atoms with E-state index in [0.29, 0.717) is 27.5 Å². The maximum absolute atomic E-state index is 13.1. The van der Waals surface area contributed by atoms with Crippen molar-refractivity contribution in [1.29, 1.82) is 0 Å². The molecule has 0 aliphatic carbocycles. The van der Waals surface area contributed by atoms with E-state index in [2.05, 4.69) is 11.6 Å². The number of benzene rings is 1. The van der Waals surface area contributed by atoms with Gasteiger partial charge in [-0.15, -0.1) is 6.58 Å². The fraction of sp³-hybridized carbons (Fsp3) is 0.476. The van der Waals surface area contributed by atoms with Crippen LogP contribution in [0.1, 0.15) is 26.7 Å². The molecule has 0 bridgehead atoms. The number of sulfone groups is 1. The zero-order chi connectivity index (χ0) is 22.8. The van der Waals surface area contributed by atoms with Crippen molar-refractivity contribution in [1.82, 2.24) is 14.5 Å². The van der Waals surface area contributed by atoms with Crippen molar-refractivity contribution in [3.63, 3.8) is 0 Å². The lowest BCUT2D eigenvalue weighted by molar-refractivity contribution is -0.132. The zero-order valence-electron chi connectivity index (χ0n) is 17.6. The summed E-state index contributed by atoms with van der Waals surface area (Å²) in [5.41, 5.74) is 0.241. The third-order valence-corrected chi connectivity index (χ3v) is 8.42. The molecule has 1 aliphatic heterocycles. The lowest BCUT2D eigenvalue weighted by Gasteiger charge is -2.33. The van der Waals surface area contributed by atoms with Crippen LogP contribution in [0.3, 0.4) is 0 Å². The molecule has 2 atom stereocenters. The highest BCUT2D eigenvalue weighted by atomic mass is 35.5. The maximum atomic E-state index is 13.1. The van der Waals surface area contributed by atoms with Crippen LogP contribution in [0.5, 0.6) is 0 Å². The van der Waals surface area contributed by atoms with Crippen molar-refractivity contribution in [2.75, 3.05) is 17.3 Å². The molecule has 0 N–H and O–H groups in total. The lowest BCUT2D eigenvalue weighted by Crippen LogP contribution is -2.47. The highest BCUT2D eigenvalue weighted by Gasteiger charge is 2.36. The fourth-order valence-electron chi connectivity index (χ4n) is 3.78. The Kier molecular flexibility index (Phi) is 7.49. The van der Waals surface area contributed by atoms with Crippen molar-refractivity contribution >= 4 is 50.0 Å². The summed E-state index contributed by atoms with van der Waals surface area (Å²) < 4.78 is 25.4. The second-order valence-corrected chi connectivity index (χ2v) is 11.3. The number of amides is 1. The van der Waals surface area contributed by atoms with Crippen LogP contribution in [0, 0.1) is 0 Å². The molecule has 2 unspecified atom stereocenters. The second kappa shape index (κ2) is 9.75. The van der Waals surface area contributed by atoms with Crippen molar-refractivity contribution < 1.29 is 13.2 Å². The van der Waals surface area contributed by atoms with Gasteiger partial charge in [0.05, 0.1) is 28.2 Å². The first-order valence-corrected chi connectivity index (χ1v) is 13.3. The van der Waals surface area contributed by atoms with Gasteiger partial charge in [0.2, 0.25) is 5.91 Å². The number of nitrogens with zero attached hydrogens (tertiary/aromatic N) is 3. The Morgan fingerprint density at radius 2 is 2.23 bits per heavy atom. The molecule has 31 heavy (non-hydrogen) atoms. The molecule has 2 heterocycles. The molecule has 1 aromatic carbocycles. The zero-order valence-corrected chi connectivity index (χ0v) is 20.0. The van der Waals surface area contributed by atoms with Gasteiger partial charge in [-0.05, 0) is 38.0 Å². The van der Waals surface area contributed by atoms with Gasteiger partial charge in [-0.3, -0.25) is 14.2 Å². The average Bonchev–Trinajstić information content (AvgIpc) is 3.07. The Hall–Kier alpha value is -1.84. The van der Waals surface area contributed by atoms with Gasteiger partial charge in [0.1, 0.15) is 0 Å². The summed E-state index contributed by atoms with van der Waals surface area (Å²) in [5, 5.41) is 1.31. The molecule has 0 spiro atoms. The first kappa shape index (κ1) is 23.8. The molecule has 2 aromatic rings. The summed E-state index contributed by atoms with van der Waals surface area (Å²) in [7, 11) is -3.11. The number of carbonyl (C=O) groups is 1. The summed E-state index contributed by atoms with van der Waals surface area (Å²) in [4.78, 5) is 32.3. The smallest absolute Gasteiger partial charge is 0.262 e. The van der Waals surface area contributed by atoms with E-state index in [1.54, 1.807) is 29.2 Å². The molecule has 1 amide bonds. The maximum Gasteiger partial charge on any atom is 0.262 e. The van der Waals surface area contributed by atoms with Gasteiger partial charge >= 0.3 is 0 Å². The van der Waals surface area contributed by atoms with Crippen LogP contribution in [-0.4, -0.2) is 58.1 Å². The van der Waals surface area contributed by atoms with E-state index in [1.165, 1.54) is 16.3 Å². The minimum atomic E-state index is -3.11. The topological polar surface area (TPSA) is 89.3 Å². The number of fused-ring (bicyclic) bond motifs is 1. The first-order valence-electron chi connectivity index (χ1n) is 10.1. The third kappa shape index (κ3) is 5.32. The Labute approximate surface area is 191 Å². The second-order valence-electron chi connectivity index (χ2n) is 7.66. The van der Waals surface area contributed by atoms with E-state index in [9.17, 15) is 18.0 Å². The number of hydrogen-bond donors (Lipinski definition) is 0. The molecule has 1 saturated heterocycles. The van der Waals surface area contributed by atoms with Crippen molar-refractivity contribution in [2.24, 2.45) is 0 Å². The molecule has 7 nitrogen and oxygen atoms in total. The third-order valence-electron chi connectivity index (χ3n) is 5.47. The van der Waals surface area contributed by atoms with Crippen LogP contribution >= 0.6 is 23.4 Å². The molecule has 0 radical (unpaired) electrons. The summed E-state index contributed by atoms with van der Waals surface area (Å²) in [6.45, 7) is 7.87. The van der Waals surface area contributed by atoms with Crippen LogP contribution < -0.4 is 5.56 Å². The molecule has 1 fully saturated rings. The van der Waals surface area contributed by atoms with E-state index < -0.39 is 9.84 Å². The fourth-order valence-corrected chi connectivity index (χ4v) is 6.53. The van der Waals surface area contributed by atoms with Gasteiger partial charge in [-0.25, -0.2) is 13.4 Å². The highest BCUT2D eigenvalue weighted by Crippen LogP contribution is 2.25.